The number of hydrogen-bond acceptors (Lipinski definition) is 4. The van der Waals surface area contributed by atoms with Gasteiger partial charge < -0.3 is 10.2 Å². The largest absolute Gasteiger partial charge is 0.311 e. The third-order valence-corrected chi connectivity index (χ3v) is 3.37. The number of piperidine rings is 1. The van der Waals surface area contributed by atoms with Gasteiger partial charge in [-0.05, 0) is 32.0 Å². The smallest absolute Gasteiger partial charge is 0.144 e. The number of pyridine rings is 1. The molecule has 1 aromatic heterocycles. The molecule has 2 heterocycles. The molecule has 0 spiro atoms. The SMILES string of the molecule is N#Cc1ncccc1CNCCN1CCCCC1. The van der Waals surface area contributed by atoms with Gasteiger partial charge in [0.05, 0.1) is 0 Å². The molecule has 1 N–H and O–H groups in total. The highest BCUT2D eigenvalue weighted by atomic mass is 15.1. The lowest BCUT2D eigenvalue weighted by molar-refractivity contribution is 0.229. The highest BCUT2D eigenvalue weighted by Crippen LogP contribution is 2.07. The predicted octanol–water partition coefficient (Wildman–Crippen LogP) is 1.53. The van der Waals surface area contributed by atoms with Crippen LogP contribution in [0.25, 0.3) is 0 Å². The van der Waals surface area contributed by atoms with Crippen molar-refractivity contribution in [3.8, 4) is 6.07 Å². The van der Waals surface area contributed by atoms with Crippen LogP contribution in [0.15, 0.2) is 18.3 Å². The van der Waals surface area contributed by atoms with Crippen LogP contribution in [0.4, 0.5) is 0 Å². The van der Waals surface area contributed by atoms with Crippen LogP contribution in [0.5, 0.6) is 0 Å². The van der Waals surface area contributed by atoms with Crippen molar-refractivity contribution in [2.75, 3.05) is 26.2 Å². The molecule has 1 aliphatic heterocycles. The van der Waals surface area contributed by atoms with Crippen LogP contribution in [0.1, 0.15) is 30.5 Å². The molecular weight excluding hydrogens is 224 g/mol. The average Bonchev–Trinajstić information content (AvgIpc) is 2.45. The standard InChI is InChI=1S/C14H20N4/c15-11-14-13(5-4-6-17-14)12-16-7-10-18-8-2-1-3-9-18/h4-6,16H,1-3,7-10,12H2. The minimum Gasteiger partial charge on any atom is -0.311 e. The fraction of sp³-hybridized carbons (Fsp3) is 0.571. The molecule has 1 aromatic rings. The van der Waals surface area contributed by atoms with Gasteiger partial charge in [0.1, 0.15) is 11.8 Å². The lowest BCUT2D eigenvalue weighted by Crippen LogP contribution is -2.35. The molecule has 4 nitrogen and oxygen atoms in total. The minimum atomic E-state index is 0.531. The molecule has 18 heavy (non-hydrogen) atoms. The van der Waals surface area contributed by atoms with Crippen molar-refractivity contribution in [3.63, 3.8) is 0 Å². The molecule has 0 aliphatic carbocycles. The summed E-state index contributed by atoms with van der Waals surface area (Å²) in [5.74, 6) is 0. The van der Waals surface area contributed by atoms with E-state index in [2.05, 4.69) is 21.3 Å². The quantitative estimate of drug-likeness (QED) is 0.798. The first-order valence-electron chi connectivity index (χ1n) is 6.67. The summed E-state index contributed by atoms with van der Waals surface area (Å²) in [4.78, 5) is 6.56. The summed E-state index contributed by atoms with van der Waals surface area (Å²) >= 11 is 0. The van der Waals surface area contributed by atoms with E-state index in [1.807, 2.05) is 12.1 Å². The van der Waals surface area contributed by atoms with E-state index in [9.17, 15) is 0 Å². The number of hydrogen-bond donors (Lipinski definition) is 1. The van der Waals surface area contributed by atoms with Gasteiger partial charge in [-0.2, -0.15) is 5.26 Å². The molecule has 1 fully saturated rings. The van der Waals surface area contributed by atoms with Gasteiger partial charge in [-0.1, -0.05) is 12.5 Å². The highest BCUT2D eigenvalue weighted by molar-refractivity contribution is 5.30. The molecule has 0 radical (unpaired) electrons. The van der Waals surface area contributed by atoms with Crippen LogP contribution in [0.2, 0.25) is 0 Å². The number of likely N-dealkylation sites (tertiary alicyclic amines) is 1. The van der Waals surface area contributed by atoms with Gasteiger partial charge in [0.15, 0.2) is 0 Å². The molecule has 0 amide bonds. The van der Waals surface area contributed by atoms with Crippen molar-refractivity contribution >= 4 is 0 Å². The Labute approximate surface area is 109 Å². The lowest BCUT2D eigenvalue weighted by Gasteiger charge is -2.26. The van der Waals surface area contributed by atoms with E-state index in [1.54, 1.807) is 6.20 Å². The molecule has 0 bridgehead atoms. The second kappa shape index (κ2) is 7.10. The van der Waals surface area contributed by atoms with E-state index >= 15 is 0 Å². The molecule has 2 rings (SSSR count). The van der Waals surface area contributed by atoms with Crippen molar-refractivity contribution in [1.82, 2.24) is 15.2 Å². The zero-order valence-electron chi connectivity index (χ0n) is 10.7. The molecule has 0 unspecified atom stereocenters. The van der Waals surface area contributed by atoms with E-state index in [0.717, 1.165) is 25.2 Å². The topological polar surface area (TPSA) is 52.0 Å². The van der Waals surface area contributed by atoms with E-state index in [1.165, 1.54) is 32.4 Å². The van der Waals surface area contributed by atoms with Gasteiger partial charge in [0.25, 0.3) is 0 Å². The predicted molar refractivity (Wildman–Crippen MR) is 70.9 cm³/mol. The molecule has 0 atom stereocenters. The van der Waals surface area contributed by atoms with Crippen LogP contribution in [-0.4, -0.2) is 36.1 Å². The number of nitriles is 1. The number of aromatic nitrogens is 1. The third-order valence-electron chi connectivity index (χ3n) is 3.37. The Bertz CT molecular complexity index is 405. The van der Waals surface area contributed by atoms with E-state index < -0.39 is 0 Å². The Kier molecular flexibility index (Phi) is 5.13. The lowest BCUT2D eigenvalue weighted by atomic mass is 10.1. The zero-order chi connectivity index (χ0) is 12.6. The third kappa shape index (κ3) is 3.80. The van der Waals surface area contributed by atoms with Crippen molar-refractivity contribution < 1.29 is 0 Å². The normalized spacial score (nSPS) is 16.4. The van der Waals surface area contributed by atoms with Gasteiger partial charge in [-0.15, -0.1) is 0 Å². The summed E-state index contributed by atoms with van der Waals surface area (Å²) in [5.41, 5.74) is 1.52. The van der Waals surface area contributed by atoms with E-state index in [0.29, 0.717) is 5.69 Å². The van der Waals surface area contributed by atoms with Gasteiger partial charge in [0.2, 0.25) is 0 Å². The number of rotatable bonds is 5. The van der Waals surface area contributed by atoms with Crippen molar-refractivity contribution in [2.24, 2.45) is 0 Å². The van der Waals surface area contributed by atoms with Crippen LogP contribution < -0.4 is 5.32 Å². The summed E-state index contributed by atoms with van der Waals surface area (Å²) < 4.78 is 0. The molecule has 0 aromatic carbocycles. The minimum absolute atomic E-state index is 0.531. The first kappa shape index (κ1) is 13.0. The van der Waals surface area contributed by atoms with Gasteiger partial charge in [-0.3, -0.25) is 0 Å². The maximum absolute atomic E-state index is 8.93. The Morgan fingerprint density at radius 2 is 2.17 bits per heavy atom. The molecule has 1 aliphatic rings. The van der Waals surface area contributed by atoms with Crippen LogP contribution in [0.3, 0.4) is 0 Å². The maximum Gasteiger partial charge on any atom is 0.144 e. The summed E-state index contributed by atoms with van der Waals surface area (Å²) in [6.45, 7) is 5.27. The zero-order valence-corrected chi connectivity index (χ0v) is 10.7. The molecular formula is C14H20N4. The summed E-state index contributed by atoms with van der Waals surface area (Å²) in [5, 5.41) is 12.3. The average molecular weight is 244 g/mol. The second-order valence-corrected chi connectivity index (χ2v) is 4.70. The summed E-state index contributed by atoms with van der Waals surface area (Å²) in [7, 11) is 0. The first-order chi connectivity index (χ1) is 8.90. The Hall–Kier alpha value is -1.44. The van der Waals surface area contributed by atoms with Gasteiger partial charge in [0, 0.05) is 31.4 Å². The molecule has 4 heteroatoms. The molecule has 0 saturated carbocycles. The number of nitrogens with zero attached hydrogens (tertiary/aromatic N) is 3. The Morgan fingerprint density at radius 3 is 2.94 bits per heavy atom. The monoisotopic (exact) mass is 244 g/mol. The van der Waals surface area contributed by atoms with E-state index in [4.69, 9.17) is 5.26 Å². The van der Waals surface area contributed by atoms with Crippen molar-refractivity contribution in [1.29, 1.82) is 5.26 Å². The van der Waals surface area contributed by atoms with Crippen molar-refractivity contribution in [3.05, 3.63) is 29.6 Å². The molecule has 1 saturated heterocycles. The van der Waals surface area contributed by atoms with Crippen LogP contribution >= 0.6 is 0 Å². The molecule has 96 valence electrons. The van der Waals surface area contributed by atoms with E-state index in [-0.39, 0.29) is 0 Å². The highest BCUT2D eigenvalue weighted by Gasteiger charge is 2.09. The Morgan fingerprint density at radius 1 is 1.33 bits per heavy atom. The van der Waals surface area contributed by atoms with Crippen LogP contribution in [-0.2, 0) is 6.54 Å². The second-order valence-electron chi connectivity index (χ2n) is 4.70. The Balaban J connectivity index is 1.70. The van der Waals surface area contributed by atoms with Gasteiger partial charge in [-0.25, -0.2) is 4.98 Å². The summed E-state index contributed by atoms with van der Waals surface area (Å²) in [6, 6.07) is 5.96. The fourth-order valence-corrected chi connectivity index (χ4v) is 2.33. The first-order valence-corrected chi connectivity index (χ1v) is 6.67. The van der Waals surface area contributed by atoms with Crippen LogP contribution in [0, 0.1) is 11.3 Å². The number of nitrogens with one attached hydrogen (secondary N) is 1. The maximum atomic E-state index is 8.93. The van der Waals surface area contributed by atoms with Gasteiger partial charge >= 0.3 is 0 Å². The summed E-state index contributed by atoms with van der Waals surface area (Å²) in [6.07, 6.45) is 5.71. The van der Waals surface area contributed by atoms with Crippen molar-refractivity contribution in [2.45, 2.75) is 25.8 Å². The fourth-order valence-electron chi connectivity index (χ4n) is 2.33.